The second kappa shape index (κ2) is 5.34. The summed E-state index contributed by atoms with van der Waals surface area (Å²) in [6, 6.07) is 17.3. The largest absolute Gasteiger partial charge is 0.393 e. The fourth-order valence-corrected chi connectivity index (χ4v) is 2.04. The van der Waals surface area contributed by atoms with Crippen LogP contribution in [0, 0.1) is 6.92 Å². The molecule has 0 aliphatic heterocycles. The normalized spacial score (nSPS) is 14.2. The van der Waals surface area contributed by atoms with Crippen molar-refractivity contribution in [2.75, 3.05) is 6.61 Å². The molecule has 0 spiro atoms. The number of aliphatic hydroxyl groups is 2. The Morgan fingerprint density at radius 3 is 2.11 bits per heavy atom. The van der Waals surface area contributed by atoms with Gasteiger partial charge in [0.25, 0.3) is 0 Å². The van der Waals surface area contributed by atoms with Gasteiger partial charge in [-0.15, -0.1) is 0 Å². The van der Waals surface area contributed by atoms with E-state index >= 15 is 0 Å². The lowest BCUT2D eigenvalue weighted by atomic mass is 9.88. The fraction of sp³-hybridized carbons (Fsp3) is 0.250. The van der Waals surface area contributed by atoms with Crippen molar-refractivity contribution in [3.63, 3.8) is 0 Å². The van der Waals surface area contributed by atoms with E-state index in [0.717, 1.165) is 11.1 Å². The topological polar surface area (TPSA) is 40.5 Å². The average molecular weight is 242 g/mol. The summed E-state index contributed by atoms with van der Waals surface area (Å²) in [6.45, 7) is 1.74. The zero-order valence-electron chi connectivity index (χ0n) is 10.5. The molecule has 0 saturated heterocycles. The monoisotopic (exact) mass is 242 g/mol. The molecule has 18 heavy (non-hydrogen) atoms. The molecule has 94 valence electrons. The van der Waals surface area contributed by atoms with Gasteiger partial charge in [0, 0.05) is 6.42 Å². The summed E-state index contributed by atoms with van der Waals surface area (Å²) in [4.78, 5) is 0. The highest BCUT2D eigenvalue weighted by Gasteiger charge is 2.28. The molecule has 0 aliphatic carbocycles. The van der Waals surface area contributed by atoms with Gasteiger partial charge in [-0.25, -0.2) is 0 Å². The van der Waals surface area contributed by atoms with Crippen molar-refractivity contribution in [1.29, 1.82) is 0 Å². The van der Waals surface area contributed by atoms with Gasteiger partial charge in [0.1, 0.15) is 5.60 Å². The van der Waals surface area contributed by atoms with Gasteiger partial charge in [0.15, 0.2) is 0 Å². The third-order valence-electron chi connectivity index (χ3n) is 3.19. The van der Waals surface area contributed by atoms with Gasteiger partial charge in [-0.1, -0.05) is 60.2 Å². The minimum atomic E-state index is -1.21. The Morgan fingerprint density at radius 2 is 1.56 bits per heavy atom. The van der Waals surface area contributed by atoms with Gasteiger partial charge in [-0.3, -0.25) is 0 Å². The minimum absolute atomic E-state index is 0.287. The first kappa shape index (κ1) is 12.8. The third kappa shape index (κ3) is 2.78. The van der Waals surface area contributed by atoms with Gasteiger partial charge in [0.2, 0.25) is 0 Å². The number of rotatable bonds is 4. The Balaban J connectivity index is 2.26. The van der Waals surface area contributed by atoms with Crippen LogP contribution in [0.25, 0.3) is 0 Å². The molecule has 2 aromatic rings. The van der Waals surface area contributed by atoms with E-state index in [1.54, 1.807) is 0 Å². The van der Waals surface area contributed by atoms with Gasteiger partial charge in [-0.2, -0.15) is 0 Å². The lowest BCUT2D eigenvalue weighted by molar-refractivity contribution is -0.0187. The first-order chi connectivity index (χ1) is 8.64. The maximum Gasteiger partial charge on any atom is 0.117 e. The molecule has 2 heteroatoms. The highest BCUT2D eigenvalue weighted by Crippen LogP contribution is 2.25. The van der Waals surface area contributed by atoms with Crippen molar-refractivity contribution in [3.05, 3.63) is 71.3 Å². The van der Waals surface area contributed by atoms with Crippen LogP contribution in [0.3, 0.4) is 0 Å². The van der Waals surface area contributed by atoms with Crippen LogP contribution in [0.4, 0.5) is 0 Å². The first-order valence-electron chi connectivity index (χ1n) is 6.08. The minimum Gasteiger partial charge on any atom is -0.393 e. The van der Waals surface area contributed by atoms with Crippen LogP contribution in [-0.2, 0) is 12.0 Å². The second-order valence-corrected chi connectivity index (χ2v) is 4.72. The Labute approximate surface area is 108 Å². The maximum atomic E-state index is 10.6. The van der Waals surface area contributed by atoms with Crippen LogP contribution in [0.2, 0.25) is 0 Å². The van der Waals surface area contributed by atoms with Crippen molar-refractivity contribution in [3.8, 4) is 0 Å². The number of aryl methyl sites for hydroxylation is 1. The average Bonchev–Trinajstić information content (AvgIpc) is 2.42. The number of hydrogen-bond donors (Lipinski definition) is 2. The number of hydrogen-bond acceptors (Lipinski definition) is 2. The van der Waals surface area contributed by atoms with Crippen molar-refractivity contribution in [2.45, 2.75) is 18.9 Å². The predicted molar refractivity (Wildman–Crippen MR) is 72.3 cm³/mol. The molecule has 0 fully saturated rings. The summed E-state index contributed by atoms with van der Waals surface area (Å²) in [7, 11) is 0. The molecule has 0 saturated carbocycles. The molecule has 2 nitrogen and oxygen atoms in total. The summed E-state index contributed by atoms with van der Waals surface area (Å²) < 4.78 is 0. The summed E-state index contributed by atoms with van der Waals surface area (Å²) >= 11 is 0. The summed E-state index contributed by atoms with van der Waals surface area (Å²) in [5.41, 5.74) is 1.73. The van der Waals surface area contributed by atoms with Crippen LogP contribution in [0.5, 0.6) is 0 Å². The highest BCUT2D eigenvalue weighted by molar-refractivity contribution is 5.28. The number of benzene rings is 2. The molecular weight excluding hydrogens is 224 g/mol. The molecular formula is C16H18O2. The molecule has 0 heterocycles. The molecule has 0 bridgehead atoms. The lowest BCUT2D eigenvalue weighted by Gasteiger charge is -2.26. The Morgan fingerprint density at radius 1 is 0.944 bits per heavy atom. The van der Waals surface area contributed by atoms with E-state index in [1.165, 1.54) is 5.56 Å². The smallest absolute Gasteiger partial charge is 0.117 e. The molecule has 2 N–H and O–H groups in total. The second-order valence-electron chi connectivity index (χ2n) is 4.72. The van der Waals surface area contributed by atoms with Gasteiger partial charge < -0.3 is 10.2 Å². The standard InChI is InChI=1S/C16H18O2/c1-13-7-9-14(10-8-13)11-16(18,12-17)15-5-3-2-4-6-15/h2-10,17-18H,11-12H2,1H3/t16-/m1/s1. The maximum absolute atomic E-state index is 10.6. The summed E-state index contributed by atoms with van der Waals surface area (Å²) in [5, 5.41) is 20.1. The Kier molecular flexibility index (Phi) is 3.80. The molecule has 0 radical (unpaired) electrons. The molecule has 2 rings (SSSR count). The molecule has 2 aromatic carbocycles. The number of aliphatic hydroxyl groups excluding tert-OH is 1. The predicted octanol–water partition coefficient (Wildman–Crippen LogP) is 2.42. The van der Waals surface area contributed by atoms with E-state index in [1.807, 2.05) is 61.5 Å². The van der Waals surface area contributed by atoms with E-state index in [4.69, 9.17) is 0 Å². The summed E-state index contributed by atoms with van der Waals surface area (Å²) in [5.74, 6) is 0. The van der Waals surface area contributed by atoms with Crippen LogP contribution in [-0.4, -0.2) is 16.8 Å². The zero-order chi connectivity index (χ0) is 13.0. The molecule has 1 atom stereocenters. The first-order valence-corrected chi connectivity index (χ1v) is 6.08. The van der Waals surface area contributed by atoms with Crippen molar-refractivity contribution < 1.29 is 10.2 Å². The van der Waals surface area contributed by atoms with E-state index < -0.39 is 5.60 Å². The SMILES string of the molecule is Cc1ccc(C[C@@](O)(CO)c2ccccc2)cc1. The van der Waals surface area contributed by atoms with E-state index in [-0.39, 0.29) is 6.61 Å². The quantitative estimate of drug-likeness (QED) is 0.864. The molecule has 0 aromatic heterocycles. The van der Waals surface area contributed by atoms with E-state index in [9.17, 15) is 10.2 Å². The van der Waals surface area contributed by atoms with Gasteiger partial charge >= 0.3 is 0 Å². The fourth-order valence-electron chi connectivity index (χ4n) is 2.04. The van der Waals surface area contributed by atoms with Crippen LogP contribution in [0.1, 0.15) is 16.7 Å². The van der Waals surface area contributed by atoms with Gasteiger partial charge in [0.05, 0.1) is 6.61 Å². The summed E-state index contributed by atoms with van der Waals surface area (Å²) in [6.07, 6.45) is 0.411. The zero-order valence-corrected chi connectivity index (χ0v) is 10.5. The van der Waals surface area contributed by atoms with Crippen molar-refractivity contribution in [1.82, 2.24) is 0 Å². The molecule has 0 amide bonds. The lowest BCUT2D eigenvalue weighted by Crippen LogP contribution is -2.32. The molecule has 0 unspecified atom stereocenters. The van der Waals surface area contributed by atoms with Crippen LogP contribution >= 0.6 is 0 Å². The Hall–Kier alpha value is -1.64. The van der Waals surface area contributed by atoms with Crippen molar-refractivity contribution >= 4 is 0 Å². The van der Waals surface area contributed by atoms with Gasteiger partial charge in [-0.05, 0) is 18.1 Å². The Bertz CT molecular complexity index is 490. The molecule has 0 aliphatic rings. The third-order valence-corrected chi connectivity index (χ3v) is 3.19. The van der Waals surface area contributed by atoms with Crippen molar-refractivity contribution in [2.24, 2.45) is 0 Å². The van der Waals surface area contributed by atoms with Crippen LogP contribution < -0.4 is 0 Å². The van der Waals surface area contributed by atoms with E-state index in [0.29, 0.717) is 6.42 Å². The highest BCUT2D eigenvalue weighted by atomic mass is 16.3. The van der Waals surface area contributed by atoms with Crippen LogP contribution in [0.15, 0.2) is 54.6 Å². The van der Waals surface area contributed by atoms with E-state index in [2.05, 4.69) is 0 Å².